The number of carbonyl (C=O) groups excluding carboxylic acids is 1. The van der Waals surface area contributed by atoms with Gasteiger partial charge in [0.25, 0.3) is 0 Å². The number of allylic oxidation sites excluding steroid dienone is 1. The molecule has 0 aromatic heterocycles. The highest BCUT2D eigenvalue weighted by molar-refractivity contribution is 5.92. The predicted molar refractivity (Wildman–Crippen MR) is 130 cm³/mol. The second kappa shape index (κ2) is 7.57. The van der Waals surface area contributed by atoms with E-state index in [2.05, 4.69) is 59.5 Å². The van der Waals surface area contributed by atoms with Crippen molar-refractivity contribution in [1.29, 1.82) is 0 Å². The molecule has 0 unspecified atom stereocenters. The van der Waals surface area contributed by atoms with Crippen LogP contribution in [0, 0.1) is 0 Å². The van der Waals surface area contributed by atoms with Gasteiger partial charge in [0.05, 0.1) is 5.41 Å². The summed E-state index contributed by atoms with van der Waals surface area (Å²) in [7, 11) is 0. The van der Waals surface area contributed by atoms with Gasteiger partial charge in [-0.25, -0.2) is 0 Å². The van der Waals surface area contributed by atoms with Crippen molar-refractivity contribution in [2.45, 2.75) is 50.0 Å². The molecule has 7 rings (SSSR count). The van der Waals surface area contributed by atoms with Crippen LogP contribution in [0.1, 0.15) is 35.1 Å². The van der Waals surface area contributed by atoms with E-state index >= 15 is 0 Å². The monoisotopic (exact) mass is 449 g/mol. The number of carbonyl (C=O) groups is 1. The van der Waals surface area contributed by atoms with Gasteiger partial charge in [0, 0.05) is 31.1 Å². The Bertz CT molecular complexity index is 1300. The zero-order valence-corrected chi connectivity index (χ0v) is 19.1. The average molecular weight is 450 g/mol. The van der Waals surface area contributed by atoms with Crippen LogP contribution >= 0.6 is 0 Å². The number of benzene rings is 3. The molecule has 1 spiro atoms. The Balaban J connectivity index is 1.28. The van der Waals surface area contributed by atoms with E-state index in [0.717, 1.165) is 43.0 Å². The maximum absolute atomic E-state index is 13.2. The first-order valence-electron chi connectivity index (χ1n) is 12.2. The molecule has 3 aromatic carbocycles. The number of likely N-dealkylation sites (tertiary alicyclic amines) is 1. The van der Waals surface area contributed by atoms with Gasteiger partial charge in [0.1, 0.15) is 6.61 Å². The number of piperidine rings is 1. The van der Waals surface area contributed by atoms with E-state index in [1.165, 1.54) is 22.3 Å². The lowest BCUT2D eigenvalue weighted by molar-refractivity contribution is -0.128. The van der Waals surface area contributed by atoms with Crippen molar-refractivity contribution in [1.82, 2.24) is 4.90 Å². The summed E-state index contributed by atoms with van der Waals surface area (Å²) in [5, 5.41) is 0. The molecule has 1 saturated heterocycles. The van der Waals surface area contributed by atoms with Crippen LogP contribution in [-0.4, -0.2) is 29.4 Å². The number of Topliss-reactive ketones (excluding diaryl/α,β-unsaturated/α-hetero) is 1. The molecule has 0 radical (unpaired) electrons. The van der Waals surface area contributed by atoms with E-state index in [1.807, 2.05) is 24.3 Å². The van der Waals surface area contributed by atoms with Crippen LogP contribution in [0.25, 0.3) is 0 Å². The third kappa shape index (κ3) is 2.85. The van der Waals surface area contributed by atoms with Gasteiger partial charge in [0.15, 0.2) is 23.4 Å². The molecule has 0 saturated carbocycles. The van der Waals surface area contributed by atoms with E-state index < -0.39 is 6.10 Å². The molecule has 1 fully saturated rings. The average Bonchev–Trinajstić information content (AvgIpc) is 3.23. The summed E-state index contributed by atoms with van der Waals surface area (Å²) in [6, 6.07) is 25.4. The minimum absolute atomic E-state index is 0.192. The summed E-state index contributed by atoms with van der Waals surface area (Å²) >= 11 is 0. The van der Waals surface area contributed by atoms with Gasteiger partial charge in [0.2, 0.25) is 0 Å². The first-order valence-corrected chi connectivity index (χ1v) is 12.2. The molecule has 2 aliphatic heterocycles. The first-order chi connectivity index (χ1) is 16.7. The van der Waals surface area contributed by atoms with Crippen molar-refractivity contribution in [3.8, 4) is 11.5 Å². The lowest BCUT2D eigenvalue weighted by Gasteiger charge is -2.53. The quantitative estimate of drug-likeness (QED) is 0.514. The molecule has 2 bridgehead atoms. The zero-order chi connectivity index (χ0) is 22.7. The third-order valence-electron chi connectivity index (χ3n) is 8.14. The van der Waals surface area contributed by atoms with Gasteiger partial charge >= 0.3 is 0 Å². The normalized spacial score (nSPS) is 26.5. The van der Waals surface area contributed by atoms with Gasteiger partial charge in [-0.2, -0.15) is 0 Å². The van der Waals surface area contributed by atoms with Crippen LogP contribution < -0.4 is 9.47 Å². The predicted octanol–water partition coefficient (Wildman–Crippen LogP) is 4.99. The lowest BCUT2D eigenvalue weighted by Crippen LogP contribution is -2.61. The topological polar surface area (TPSA) is 38.8 Å². The highest BCUT2D eigenvalue weighted by atomic mass is 16.5. The van der Waals surface area contributed by atoms with E-state index in [0.29, 0.717) is 19.1 Å². The van der Waals surface area contributed by atoms with E-state index in [1.54, 1.807) is 0 Å². The summed E-state index contributed by atoms with van der Waals surface area (Å²) in [5.74, 6) is 1.75. The highest BCUT2D eigenvalue weighted by Gasteiger charge is 2.63. The summed E-state index contributed by atoms with van der Waals surface area (Å²) in [5.41, 5.74) is 6.04. The Kier molecular flexibility index (Phi) is 4.46. The second-order valence-electron chi connectivity index (χ2n) is 9.93. The van der Waals surface area contributed by atoms with Gasteiger partial charge in [-0.3, -0.25) is 9.69 Å². The Morgan fingerprint density at radius 2 is 1.74 bits per heavy atom. The molecule has 4 nitrogen and oxygen atoms in total. The van der Waals surface area contributed by atoms with Crippen molar-refractivity contribution in [2.24, 2.45) is 0 Å². The van der Waals surface area contributed by atoms with Gasteiger partial charge < -0.3 is 9.47 Å². The summed E-state index contributed by atoms with van der Waals surface area (Å²) in [6.07, 6.45) is 4.11. The number of ether oxygens (including phenoxy) is 2. The molecule has 3 atom stereocenters. The van der Waals surface area contributed by atoms with E-state index in [4.69, 9.17) is 9.47 Å². The van der Waals surface area contributed by atoms with Crippen LogP contribution in [0.4, 0.5) is 0 Å². The molecule has 0 amide bonds. The van der Waals surface area contributed by atoms with Crippen LogP contribution in [0.3, 0.4) is 0 Å². The van der Waals surface area contributed by atoms with Crippen molar-refractivity contribution in [3.05, 3.63) is 107 Å². The first kappa shape index (κ1) is 20.0. The fourth-order valence-corrected chi connectivity index (χ4v) is 6.68. The Hall–Kier alpha value is -3.37. The SMILES string of the molecule is O=C1CC=C2[C@H]3Cc4ccc(OCc5ccccc5)c5c4[C@@]2(CCN3Cc2ccccc2)[C@H]1O5. The van der Waals surface area contributed by atoms with Crippen LogP contribution in [0.2, 0.25) is 0 Å². The molecule has 3 aromatic rings. The molecule has 0 N–H and O–H groups in total. The Labute approximate surface area is 199 Å². The minimum Gasteiger partial charge on any atom is -0.485 e. The fraction of sp³-hybridized carbons (Fsp3) is 0.300. The second-order valence-corrected chi connectivity index (χ2v) is 9.93. The minimum atomic E-state index is -0.426. The van der Waals surface area contributed by atoms with Crippen LogP contribution in [-0.2, 0) is 29.8 Å². The van der Waals surface area contributed by atoms with Gasteiger partial charge in [-0.05, 0) is 41.2 Å². The summed E-state index contributed by atoms with van der Waals surface area (Å²) in [4.78, 5) is 15.8. The molecule has 4 heteroatoms. The maximum Gasteiger partial charge on any atom is 0.178 e. The summed E-state index contributed by atoms with van der Waals surface area (Å²) < 4.78 is 12.8. The Morgan fingerprint density at radius 1 is 0.971 bits per heavy atom. The molecule has 170 valence electrons. The van der Waals surface area contributed by atoms with Gasteiger partial charge in [-0.1, -0.05) is 72.8 Å². The number of nitrogens with zero attached hydrogens (tertiary/aromatic N) is 1. The molecular formula is C30H27NO3. The molecule has 34 heavy (non-hydrogen) atoms. The standard InChI is InChI=1S/C30H27NO3/c32-25-13-12-23-24-17-22-11-14-26(33-19-21-9-5-2-6-10-21)28-27(22)30(23,29(25)34-28)15-16-31(24)18-20-7-3-1-4-8-20/h1-12,14,24,29H,13,15-19H2/t24-,29+,30+/m1/s1. The van der Waals surface area contributed by atoms with Crippen molar-refractivity contribution in [3.63, 3.8) is 0 Å². The van der Waals surface area contributed by atoms with Crippen molar-refractivity contribution >= 4 is 5.78 Å². The number of hydrogen-bond donors (Lipinski definition) is 0. The number of rotatable bonds is 5. The fourth-order valence-electron chi connectivity index (χ4n) is 6.68. The molecule has 2 aliphatic carbocycles. The number of ketones is 1. The van der Waals surface area contributed by atoms with E-state index in [-0.39, 0.29) is 11.2 Å². The van der Waals surface area contributed by atoms with Crippen LogP contribution in [0.15, 0.2) is 84.4 Å². The van der Waals surface area contributed by atoms with Gasteiger partial charge in [-0.15, -0.1) is 0 Å². The number of hydrogen-bond acceptors (Lipinski definition) is 4. The smallest absolute Gasteiger partial charge is 0.178 e. The van der Waals surface area contributed by atoms with Crippen molar-refractivity contribution < 1.29 is 14.3 Å². The zero-order valence-electron chi connectivity index (χ0n) is 19.1. The van der Waals surface area contributed by atoms with Crippen molar-refractivity contribution in [2.75, 3.05) is 6.54 Å². The Morgan fingerprint density at radius 3 is 2.53 bits per heavy atom. The highest BCUT2D eigenvalue weighted by Crippen LogP contribution is 2.62. The van der Waals surface area contributed by atoms with E-state index in [9.17, 15) is 4.79 Å². The molecular weight excluding hydrogens is 422 g/mol. The molecule has 2 heterocycles. The third-order valence-corrected chi connectivity index (χ3v) is 8.14. The van der Waals surface area contributed by atoms with Crippen LogP contribution in [0.5, 0.6) is 11.5 Å². The maximum atomic E-state index is 13.2. The summed E-state index contributed by atoms with van der Waals surface area (Å²) in [6.45, 7) is 2.37. The molecule has 4 aliphatic rings. The lowest BCUT2D eigenvalue weighted by atomic mass is 9.56. The largest absolute Gasteiger partial charge is 0.485 e.